The molecule has 0 heterocycles. The fourth-order valence-electron chi connectivity index (χ4n) is 2.54. The van der Waals surface area contributed by atoms with Crippen molar-refractivity contribution in [1.82, 2.24) is 10.0 Å². The van der Waals surface area contributed by atoms with E-state index in [-0.39, 0.29) is 12.5 Å². The van der Waals surface area contributed by atoms with E-state index in [0.29, 0.717) is 5.56 Å². The van der Waals surface area contributed by atoms with Crippen molar-refractivity contribution in [2.45, 2.75) is 37.2 Å². The lowest BCUT2D eigenvalue weighted by Gasteiger charge is -2.18. The first-order chi connectivity index (χ1) is 13.7. The van der Waals surface area contributed by atoms with Gasteiger partial charge in [0.1, 0.15) is 16.8 Å². The lowest BCUT2D eigenvalue weighted by molar-refractivity contribution is -0.150. The van der Waals surface area contributed by atoms with E-state index in [9.17, 15) is 22.4 Å². The van der Waals surface area contributed by atoms with Gasteiger partial charge in [-0.3, -0.25) is 9.59 Å². The van der Waals surface area contributed by atoms with Crippen molar-refractivity contribution in [2.75, 3.05) is 6.61 Å². The largest absolute Gasteiger partial charge is 0.454 e. The number of ether oxygens (including phenoxy) is 1. The third kappa shape index (κ3) is 6.95. The number of benzene rings is 2. The van der Waals surface area contributed by atoms with Crippen LogP contribution >= 0.6 is 0 Å². The lowest BCUT2D eigenvalue weighted by Crippen LogP contribution is -2.44. The zero-order valence-corrected chi connectivity index (χ0v) is 16.9. The Morgan fingerprint density at radius 1 is 1.03 bits per heavy atom. The molecule has 0 aliphatic heterocycles. The highest BCUT2D eigenvalue weighted by molar-refractivity contribution is 7.89. The van der Waals surface area contributed by atoms with E-state index in [1.165, 1.54) is 12.1 Å². The number of amides is 1. The van der Waals surface area contributed by atoms with E-state index >= 15 is 0 Å². The van der Waals surface area contributed by atoms with Gasteiger partial charge in [-0.1, -0.05) is 42.5 Å². The molecular formula is C20H23FN2O5S. The summed E-state index contributed by atoms with van der Waals surface area (Å²) in [5.41, 5.74) is 0.664. The van der Waals surface area contributed by atoms with Crippen molar-refractivity contribution in [3.63, 3.8) is 0 Å². The maximum absolute atomic E-state index is 14.0. The highest BCUT2D eigenvalue weighted by atomic mass is 32.2. The van der Waals surface area contributed by atoms with Crippen LogP contribution in [0.5, 0.6) is 0 Å². The molecule has 0 saturated heterocycles. The molecule has 7 nitrogen and oxygen atoms in total. The number of rotatable bonds is 9. The van der Waals surface area contributed by atoms with Crippen LogP contribution in [-0.2, 0) is 30.8 Å². The third-order valence-electron chi connectivity index (χ3n) is 3.79. The summed E-state index contributed by atoms with van der Waals surface area (Å²) in [5, 5.41) is 2.56. The van der Waals surface area contributed by atoms with Crippen molar-refractivity contribution in [3.05, 3.63) is 66.0 Å². The van der Waals surface area contributed by atoms with E-state index in [0.717, 1.165) is 12.1 Å². The molecule has 0 aromatic heterocycles. The number of halogens is 1. The van der Waals surface area contributed by atoms with Gasteiger partial charge in [-0.2, -0.15) is 4.72 Å². The van der Waals surface area contributed by atoms with Crippen molar-refractivity contribution < 1.29 is 27.1 Å². The monoisotopic (exact) mass is 422 g/mol. The second-order valence-corrected chi connectivity index (χ2v) is 8.31. The number of carbonyl (C=O) groups excluding carboxylic acids is 2. The second-order valence-electron chi connectivity index (χ2n) is 6.62. The van der Waals surface area contributed by atoms with Crippen molar-refractivity contribution in [3.8, 4) is 0 Å². The Bertz CT molecular complexity index is 948. The van der Waals surface area contributed by atoms with Gasteiger partial charge in [0.25, 0.3) is 5.91 Å². The molecule has 0 unspecified atom stereocenters. The fraction of sp³-hybridized carbons (Fsp3) is 0.300. The quantitative estimate of drug-likeness (QED) is 0.600. The number of sulfonamides is 1. The van der Waals surface area contributed by atoms with E-state index in [2.05, 4.69) is 10.0 Å². The van der Waals surface area contributed by atoms with Crippen LogP contribution in [0.15, 0.2) is 59.5 Å². The van der Waals surface area contributed by atoms with Crippen LogP contribution in [0, 0.1) is 5.82 Å². The van der Waals surface area contributed by atoms with Gasteiger partial charge in [0.15, 0.2) is 6.61 Å². The zero-order valence-electron chi connectivity index (χ0n) is 16.1. The summed E-state index contributed by atoms with van der Waals surface area (Å²) in [7, 11) is -4.34. The highest BCUT2D eigenvalue weighted by Crippen LogP contribution is 2.15. The van der Waals surface area contributed by atoms with Gasteiger partial charge >= 0.3 is 5.97 Å². The molecule has 2 aromatic rings. The summed E-state index contributed by atoms with van der Waals surface area (Å²) in [6.07, 6.45) is -0.0286. The van der Waals surface area contributed by atoms with Gasteiger partial charge in [-0.25, -0.2) is 12.8 Å². The van der Waals surface area contributed by atoms with Crippen LogP contribution in [0.4, 0.5) is 4.39 Å². The fourth-order valence-corrected chi connectivity index (χ4v) is 3.80. The SMILES string of the molecule is CC(C)NC(=O)COC(=O)[C@H](Cc1ccccc1)NS(=O)(=O)c1ccccc1F. The molecule has 0 radical (unpaired) electrons. The average molecular weight is 422 g/mol. The smallest absolute Gasteiger partial charge is 0.325 e. The first kappa shape index (κ1) is 22.5. The zero-order chi connectivity index (χ0) is 21.4. The number of nitrogens with one attached hydrogen (secondary N) is 2. The van der Waals surface area contributed by atoms with Crippen LogP contribution < -0.4 is 10.0 Å². The Morgan fingerprint density at radius 2 is 1.66 bits per heavy atom. The summed E-state index contributed by atoms with van der Waals surface area (Å²) >= 11 is 0. The van der Waals surface area contributed by atoms with Crippen LogP contribution in [-0.4, -0.2) is 39.0 Å². The molecule has 2 rings (SSSR count). The highest BCUT2D eigenvalue weighted by Gasteiger charge is 2.29. The molecule has 156 valence electrons. The summed E-state index contributed by atoms with van der Waals surface area (Å²) in [6.45, 7) is 2.95. The van der Waals surface area contributed by atoms with E-state index in [4.69, 9.17) is 4.74 Å². The van der Waals surface area contributed by atoms with Gasteiger partial charge < -0.3 is 10.1 Å². The van der Waals surface area contributed by atoms with E-state index in [1.54, 1.807) is 44.2 Å². The Morgan fingerprint density at radius 3 is 2.28 bits per heavy atom. The number of hydrogen-bond donors (Lipinski definition) is 2. The molecule has 0 spiro atoms. The van der Waals surface area contributed by atoms with Gasteiger partial charge in [0.2, 0.25) is 10.0 Å². The third-order valence-corrected chi connectivity index (χ3v) is 5.29. The van der Waals surface area contributed by atoms with Crippen LogP contribution in [0.1, 0.15) is 19.4 Å². The second kappa shape index (κ2) is 10.1. The minimum atomic E-state index is -4.34. The van der Waals surface area contributed by atoms with Gasteiger partial charge in [0, 0.05) is 6.04 Å². The van der Waals surface area contributed by atoms with Gasteiger partial charge in [-0.05, 0) is 38.0 Å². The minimum Gasteiger partial charge on any atom is -0.454 e. The van der Waals surface area contributed by atoms with Crippen LogP contribution in [0.2, 0.25) is 0 Å². The molecule has 9 heteroatoms. The summed E-state index contributed by atoms with van der Waals surface area (Å²) in [5.74, 6) is -2.39. The summed E-state index contributed by atoms with van der Waals surface area (Å²) in [4.78, 5) is 23.6. The molecular weight excluding hydrogens is 399 g/mol. The van der Waals surface area contributed by atoms with Crippen molar-refractivity contribution in [2.24, 2.45) is 0 Å². The Kier molecular flexibility index (Phi) is 7.86. The normalized spacial score (nSPS) is 12.4. The topological polar surface area (TPSA) is 102 Å². The standard InChI is InChI=1S/C20H23FN2O5S/c1-14(2)22-19(24)13-28-20(25)17(12-15-8-4-3-5-9-15)23-29(26,27)18-11-7-6-10-16(18)21/h3-11,14,17,23H,12-13H2,1-2H3,(H,22,24)/t17-/m0/s1. The Labute approximate surface area is 169 Å². The Balaban J connectivity index is 2.19. The van der Waals surface area contributed by atoms with Gasteiger partial charge in [0.05, 0.1) is 0 Å². The molecule has 1 amide bonds. The minimum absolute atomic E-state index is 0.0286. The predicted octanol–water partition coefficient (Wildman–Crippen LogP) is 1.78. The summed E-state index contributed by atoms with van der Waals surface area (Å²) < 4.78 is 46.3. The molecule has 0 saturated carbocycles. The van der Waals surface area contributed by atoms with Crippen LogP contribution in [0.3, 0.4) is 0 Å². The molecule has 0 bridgehead atoms. The van der Waals surface area contributed by atoms with Crippen LogP contribution in [0.25, 0.3) is 0 Å². The van der Waals surface area contributed by atoms with Gasteiger partial charge in [-0.15, -0.1) is 0 Å². The first-order valence-electron chi connectivity index (χ1n) is 8.96. The predicted molar refractivity (Wildman–Crippen MR) is 105 cm³/mol. The molecule has 0 aliphatic rings. The average Bonchev–Trinajstić information content (AvgIpc) is 2.66. The molecule has 0 aliphatic carbocycles. The molecule has 2 aromatic carbocycles. The lowest BCUT2D eigenvalue weighted by atomic mass is 10.1. The molecule has 1 atom stereocenters. The molecule has 0 fully saturated rings. The summed E-state index contributed by atoms with van der Waals surface area (Å²) in [6, 6.07) is 12.0. The number of hydrogen-bond acceptors (Lipinski definition) is 5. The molecule has 29 heavy (non-hydrogen) atoms. The maximum atomic E-state index is 14.0. The maximum Gasteiger partial charge on any atom is 0.325 e. The number of esters is 1. The van der Waals surface area contributed by atoms with Crippen molar-refractivity contribution >= 4 is 21.9 Å². The van der Waals surface area contributed by atoms with Crippen molar-refractivity contribution in [1.29, 1.82) is 0 Å². The number of carbonyl (C=O) groups is 2. The Hall–Kier alpha value is -2.78. The first-order valence-corrected chi connectivity index (χ1v) is 10.4. The van der Waals surface area contributed by atoms with E-state index < -0.39 is 45.3 Å². The van der Waals surface area contributed by atoms with E-state index in [1.807, 2.05) is 0 Å². The molecule has 2 N–H and O–H groups in total.